The van der Waals surface area contributed by atoms with Gasteiger partial charge >= 0.3 is 0 Å². The molecule has 0 spiro atoms. The molecule has 1 saturated heterocycles. The number of para-hydroxylation sites is 1. The second-order valence-corrected chi connectivity index (χ2v) is 13.3. The zero-order valence-corrected chi connectivity index (χ0v) is 28.2. The van der Waals surface area contributed by atoms with Gasteiger partial charge in [0.05, 0.1) is 11.2 Å². The summed E-state index contributed by atoms with van der Waals surface area (Å²) in [7, 11) is 2.02. The highest BCUT2D eigenvalue weighted by Crippen LogP contribution is 2.44. The second kappa shape index (κ2) is 14.2. The van der Waals surface area contributed by atoms with Crippen molar-refractivity contribution in [1.29, 1.82) is 0 Å². The van der Waals surface area contributed by atoms with Crippen LogP contribution in [0.3, 0.4) is 0 Å². The molecule has 0 amide bonds. The number of likely N-dealkylation sites (tertiary alicyclic amines) is 1. The third-order valence-electron chi connectivity index (χ3n) is 10.1. The molecule has 242 valence electrons. The van der Waals surface area contributed by atoms with E-state index in [9.17, 15) is 4.79 Å². The molecule has 0 N–H and O–H groups in total. The predicted molar refractivity (Wildman–Crippen MR) is 196 cm³/mol. The van der Waals surface area contributed by atoms with Crippen LogP contribution in [-0.2, 0) is 19.2 Å². The number of carbonyl (C=O) groups is 1. The number of piperidine rings is 1. The van der Waals surface area contributed by atoms with Crippen molar-refractivity contribution in [2.75, 3.05) is 13.1 Å². The number of ketones is 1. The van der Waals surface area contributed by atoms with E-state index in [2.05, 4.69) is 113 Å². The van der Waals surface area contributed by atoms with Crippen LogP contribution >= 0.6 is 11.6 Å². The molecule has 1 aromatic heterocycles. The van der Waals surface area contributed by atoms with Crippen LogP contribution in [0.2, 0.25) is 5.02 Å². The van der Waals surface area contributed by atoms with Crippen molar-refractivity contribution >= 4 is 28.3 Å². The van der Waals surface area contributed by atoms with Gasteiger partial charge in [0.25, 0.3) is 0 Å². The Morgan fingerprint density at radius 1 is 0.729 bits per heavy atom. The number of nitrogens with zero attached hydrogens (tertiary/aromatic N) is 2. The maximum absolute atomic E-state index is 14.1. The van der Waals surface area contributed by atoms with Crippen LogP contribution in [0, 0.1) is 5.92 Å². The molecule has 5 aromatic carbocycles. The number of hydrogen-bond donors (Lipinski definition) is 0. The number of aromatic nitrogens is 1. The van der Waals surface area contributed by atoms with Crippen molar-refractivity contribution in [3.8, 4) is 5.75 Å². The number of hydrogen-bond acceptors (Lipinski definition) is 3. The molecule has 0 saturated carbocycles. The van der Waals surface area contributed by atoms with Crippen LogP contribution in [0.1, 0.15) is 58.4 Å². The number of benzene rings is 5. The molecule has 4 nitrogen and oxygen atoms in total. The first-order valence-corrected chi connectivity index (χ1v) is 17.3. The van der Waals surface area contributed by atoms with E-state index in [0.717, 1.165) is 60.3 Å². The molecule has 2 heterocycles. The van der Waals surface area contributed by atoms with Gasteiger partial charge in [-0.3, -0.25) is 9.69 Å². The SMILES string of the molecule is Cn1c(COc2ccc(Cl)cc2)c(C(=O)CCC2CCN(C(c3ccccc3)(c3ccccc3)c3ccccc3)CC2)c2ccccc21. The normalized spacial score (nSPS) is 14.3. The Kier molecular flexibility index (Phi) is 9.47. The first-order valence-electron chi connectivity index (χ1n) is 16.9. The monoisotopic (exact) mass is 652 g/mol. The smallest absolute Gasteiger partial charge is 0.165 e. The lowest BCUT2D eigenvalue weighted by Crippen LogP contribution is -2.51. The van der Waals surface area contributed by atoms with Gasteiger partial charge in [0.1, 0.15) is 12.4 Å². The molecule has 1 aliphatic heterocycles. The summed E-state index contributed by atoms with van der Waals surface area (Å²) in [5.74, 6) is 1.40. The summed E-state index contributed by atoms with van der Waals surface area (Å²) in [6.07, 6.45) is 3.49. The lowest BCUT2D eigenvalue weighted by atomic mass is 9.74. The molecule has 0 atom stereocenters. The number of halogens is 1. The Balaban J connectivity index is 1.10. The first-order chi connectivity index (χ1) is 23.6. The number of aryl methyl sites for hydroxylation is 1. The molecular weight excluding hydrogens is 612 g/mol. The van der Waals surface area contributed by atoms with E-state index >= 15 is 0 Å². The number of Topliss-reactive ketones (excluding diaryl/α,β-unsaturated/α-hetero) is 1. The average Bonchev–Trinajstić information content (AvgIpc) is 3.43. The van der Waals surface area contributed by atoms with Crippen LogP contribution in [0.15, 0.2) is 140 Å². The summed E-state index contributed by atoms with van der Waals surface area (Å²) < 4.78 is 8.26. The number of carbonyl (C=O) groups excluding carboxylic acids is 1. The van der Waals surface area contributed by atoms with Crippen molar-refractivity contribution in [1.82, 2.24) is 9.47 Å². The van der Waals surface area contributed by atoms with Crippen LogP contribution < -0.4 is 4.74 Å². The summed E-state index contributed by atoms with van der Waals surface area (Å²) in [6, 6.07) is 48.3. The molecule has 0 radical (unpaired) electrons. The van der Waals surface area contributed by atoms with Crippen molar-refractivity contribution in [2.24, 2.45) is 13.0 Å². The maximum atomic E-state index is 14.1. The largest absolute Gasteiger partial charge is 0.487 e. The zero-order valence-electron chi connectivity index (χ0n) is 27.4. The van der Waals surface area contributed by atoms with E-state index in [1.54, 1.807) is 0 Å². The standard InChI is InChI=1S/C43H41ClN2O2/c1-45-39-20-12-11-19-38(39)42(40(45)31-48-37-24-22-36(44)23-25-37)41(47)26-21-32-27-29-46(30-28-32)43(33-13-5-2-6-14-33,34-15-7-3-8-16-34)35-17-9-4-10-18-35/h2-20,22-25,32H,21,26-31H2,1H3. The summed E-state index contributed by atoms with van der Waals surface area (Å²) in [5, 5.41) is 1.66. The quantitative estimate of drug-likeness (QED) is 0.103. The number of fused-ring (bicyclic) bond motifs is 1. The Morgan fingerprint density at radius 3 is 1.81 bits per heavy atom. The second-order valence-electron chi connectivity index (χ2n) is 12.8. The van der Waals surface area contributed by atoms with Gasteiger partial charge in [-0.2, -0.15) is 0 Å². The predicted octanol–water partition coefficient (Wildman–Crippen LogP) is 10.1. The van der Waals surface area contributed by atoms with Gasteiger partial charge < -0.3 is 9.30 Å². The average molecular weight is 653 g/mol. The molecule has 0 bridgehead atoms. The fourth-order valence-electron chi connectivity index (χ4n) is 7.71. The van der Waals surface area contributed by atoms with Gasteiger partial charge in [-0.15, -0.1) is 0 Å². The van der Waals surface area contributed by atoms with E-state index in [1.165, 1.54) is 16.7 Å². The molecule has 6 aromatic rings. The minimum absolute atomic E-state index is 0.191. The molecule has 0 unspecified atom stereocenters. The van der Waals surface area contributed by atoms with Gasteiger partial charge in [0, 0.05) is 35.0 Å². The van der Waals surface area contributed by atoms with Crippen LogP contribution in [0.5, 0.6) is 5.75 Å². The topological polar surface area (TPSA) is 34.5 Å². The van der Waals surface area contributed by atoms with E-state index in [0.29, 0.717) is 24.0 Å². The molecular formula is C43H41ClN2O2. The van der Waals surface area contributed by atoms with Gasteiger partial charge in [-0.1, -0.05) is 121 Å². The third kappa shape index (κ3) is 6.19. The number of ether oxygens (including phenoxy) is 1. The highest BCUT2D eigenvalue weighted by Gasteiger charge is 2.43. The Morgan fingerprint density at radius 2 is 1.25 bits per heavy atom. The summed E-state index contributed by atoms with van der Waals surface area (Å²) in [5.41, 5.74) is 6.18. The van der Waals surface area contributed by atoms with Crippen molar-refractivity contribution in [2.45, 2.75) is 37.8 Å². The number of rotatable bonds is 11. The minimum Gasteiger partial charge on any atom is -0.487 e. The van der Waals surface area contributed by atoms with Crippen molar-refractivity contribution in [3.05, 3.63) is 172 Å². The van der Waals surface area contributed by atoms with Gasteiger partial charge in [0.2, 0.25) is 0 Å². The molecule has 0 aliphatic carbocycles. The van der Waals surface area contributed by atoms with Gasteiger partial charge in [-0.25, -0.2) is 0 Å². The third-order valence-corrected chi connectivity index (χ3v) is 10.4. The lowest BCUT2D eigenvalue weighted by molar-refractivity contribution is 0.0893. The van der Waals surface area contributed by atoms with Crippen molar-refractivity contribution in [3.63, 3.8) is 0 Å². The Labute approximate surface area is 288 Å². The maximum Gasteiger partial charge on any atom is 0.165 e. The lowest BCUT2D eigenvalue weighted by Gasteiger charge is -2.48. The van der Waals surface area contributed by atoms with Crippen LogP contribution in [0.4, 0.5) is 0 Å². The molecule has 48 heavy (non-hydrogen) atoms. The van der Waals surface area contributed by atoms with E-state index in [1.807, 2.05) is 43.4 Å². The first kappa shape index (κ1) is 31.9. The summed E-state index contributed by atoms with van der Waals surface area (Å²) >= 11 is 6.08. The van der Waals surface area contributed by atoms with Crippen LogP contribution in [-0.4, -0.2) is 28.3 Å². The molecule has 1 fully saturated rings. The van der Waals surface area contributed by atoms with E-state index in [4.69, 9.17) is 16.3 Å². The highest BCUT2D eigenvalue weighted by atomic mass is 35.5. The summed E-state index contributed by atoms with van der Waals surface area (Å²) in [6.45, 7) is 2.21. The van der Waals surface area contributed by atoms with E-state index < -0.39 is 5.54 Å². The fraction of sp³-hybridized carbons (Fsp3) is 0.233. The van der Waals surface area contributed by atoms with Gasteiger partial charge in [0.15, 0.2) is 5.78 Å². The Bertz CT molecular complexity index is 1870. The Hall–Kier alpha value is -4.64. The molecule has 7 rings (SSSR count). The van der Waals surface area contributed by atoms with E-state index in [-0.39, 0.29) is 5.78 Å². The molecule has 1 aliphatic rings. The summed E-state index contributed by atoms with van der Waals surface area (Å²) in [4.78, 5) is 16.7. The highest BCUT2D eigenvalue weighted by molar-refractivity contribution is 6.30. The minimum atomic E-state index is -0.396. The van der Waals surface area contributed by atoms with Gasteiger partial charge in [-0.05, 0) is 85.3 Å². The van der Waals surface area contributed by atoms with Crippen molar-refractivity contribution < 1.29 is 9.53 Å². The van der Waals surface area contributed by atoms with Crippen LogP contribution in [0.25, 0.3) is 10.9 Å². The fourth-order valence-corrected chi connectivity index (χ4v) is 7.84. The molecule has 5 heteroatoms. The zero-order chi connectivity index (χ0) is 32.9.